The predicted octanol–water partition coefficient (Wildman–Crippen LogP) is -1.68. The van der Waals surface area contributed by atoms with E-state index in [1.54, 1.807) is 5.92 Å². The van der Waals surface area contributed by atoms with Gasteiger partial charge in [0.05, 0.1) is 12.3 Å². The number of hydrogen-bond donors (Lipinski definition) is 7. The molecule has 0 saturated carbocycles. The van der Waals surface area contributed by atoms with Crippen molar-refractivity contribution in [1.82, 2.24) is 9.55 Å². The van der Waals surface area contributed by atoms with Crippen LogP contribution in [0.5, 0.6) is 0 Å². The summed E-state index contributed by atoms with van der Waals surface area (Å²) in [7, 11) is -17.1. The van der Waals surface area contributed by atoms with Crippen molar-refractivity contribution in [3.63, 3.8) is 0 Å². The molecule has 0 radical (unpaired) electrons. The zero-order chi connectivity index (χ0) is 25.6. The minimum atomic E-state index is -5.84. The van der Waals surface area contributed by atoms with Crippen LogP contribution in [-0.4, -0.2) is 63.3 Å². The van der Waals surface area contributed by atoms with Gasteiger partial charge in [-0.05, 0) is 6.92 Å². The lowest BCUT2D eigenvalue weighted by Gasteiger charge is -2.27. The fourth-order valence-corrected chi connectivity index (χ4v) is 5.92. The quantitative estimate of drug-likeness (QED) is 0.144. The summed E-state index contributed by atoms with van der Waals surface area (Å²) in [6.07, 6.45) is -2.23. The monoisotopic (exact) mass is 539 g/mol. The number of aromatic nitrogens is 2. The number of nitrogens with zero attached hydrogens (tertiary/aromatic N) is 2. The standard InChI is InChI=1S/C12H17FN3O14P3/c1-3-12(19)8(17)7(27-10(12)16-4-6(13)9(14)15-11(16)18)5(2)28-32(23,24)30-33(25,26)29-31(20,21)22/h1,4-5,7-8,10,17,19H,2H3,(H,23,24)(H,25,26)(H2,14,15,18)(H2,20,21,22)/t5-,7-,8+,10-,12?/m1/s1. The van der Waals surface area contributed by atoms with Gasteiger partial charge in [-0.1, -0.05) is 5.92 Å². The van der Waals surface area contributed by atoms with E-state index >= 15 is 0 Å². The van der Waals surface area contributed by atoms with Crippen LogP contribution < -0.4 is 11.4 Å². The lowest BCUT2D eigenvalue weighted by atomic mass is 9.93. The van der Waals surface area contributed by atoms with E-state index in [1.807, 2.05) is 0 Å². The summed E-state index contributed by atoms with van der Waals surface area (Å²) in [5.74, 6) is -0.278. The maximum Gasteiger partial charge on any atom is 0.490 e. The molecule has 3 unspecified atom stereocenters. The number of nitrogen functional groups attached to an aromatic ring is 1. The Bertz CT molecular complexity index is 1160. The van der Waals surface area contributed by atoms with Crippen molar-refractivity contribution in [2.45, 2.75) is 37.1 Å². The normalized spacial score (nSPS) is 30.2. The van der Waals surface area contributed by atoms with Crippen LogP contribution in [0.3, 0.4) is 0 Å². The van der Waals surface area contributed by atoms with E-state index in [0.717, 1.165) is 6.92 Å². The first-order valence-electron chi connectivity index (χ1n) is 8.22. The number of aliphatic hydroxyl groups is 2. The average molecular weight is 539 g/mol. The van der Waals surface area contributed by atoms with Crippen molar-refractivity contribution in [3.8, 4) is 12.3 Å². The first-order valence-corrected chi connectivity index (χ1v) is 12.7. The van der Waals surface area contributed by atoms with Gasteiger partial charge in [-0.25, -0.2) is 22.9 Å². The number of hydrogen-bond acceptors (Lipinski definition) is 12. The maximum absolute atomic E-state index is 13.8. The highest BCUT2D eigenvalue weighted by molar-refractivity contribution is 7.66. The van der Waals surface area contributed by atoms with Crippen LogP contribution in [0.2, 0.25) is 0 Å². The lowest BCUT2D eigenvalue weighted by molar-refractivity contribution is -0.0871. The molecule has 17 nitrogen and oxygen atoms in total. The van der Waals surface area contributed by atoms with Crippen molar-refractivity contribution < 1.29 is 65.8 Å². The maximum atomic E-state index is 13.8. The van der Waals surface area contributed by atoms with Crippen molar-refractivity contribution in [2.24, 2.45) is 0 Å². The summed E-state index contributed by atoms with van der Waals surface area (Å²) in [6, 6.07) is 0. The molecule has 186 valence electrons. The van der Waals surface area contributed by atoms with E-state index in [2.05, 4.69) is 18.1 Å². The lowest BCUT2D eigenvalue weighted by Crippen LogP contribution is -2.48. The Morgan fingerprint density at radius 2 is 1.88 bits per heavy atom. The van der Waals surface area contributed by atoms with E-state index in [1.165, 1.54) is 0 Å². The summed E-state index contributed by atoms with van der Waals surface area (Å²) >= 11 is 0. The third kappa shape index (κ3) is 6.32. The summed E-state index contributed by atoms with van der Waals surface area (Å²) in [5.41, 5.74) is 1.14. The molecule has 1 aromatic heterocycles. The fourth-order valence-electron chi connectivity index (χ4n) is 2.72. The predicted molar refractivity (Wildman–Crippen MR) is 101 cm³/mol. The molecule has 0 amide bonds. The molecule has 1 aromatic rings. The summed E-state index contributed by atoms with van der Waals surface area (Å²) in [5, 5.41) is 21.0. The van der Waals surface area contributed by atoms with Crippen LogP contribution >= 0.6 is 23.5 Å². The Morgan fingerprint density at radius 1 is 1.30 bits per heavy atom. The Morgan fingerprint density at radius 3 is 2.39 bits per heavy atom. The highest BCUT2D eigenvalue weighted by Crippen LogP contribution is 2.66. The Labute approximate surface area is 183 Å². The molecule has 8 N–H and O–H groups in total. The molecule has 1 fully saturated rings. The van der Waals surface area contributed by atoms with E-state index in [-0.39, 0.29) is 0 Å². The largest absolute Gasteiger partial charge is 0.490 e. The highest BCUT2D eigenvalue weighted by atomic mass is 31.3. The zero-order valence-electron chi connectivity index (χ0n) is 16.1. The first kappa shape index (κ1) is 27.7. The molecular weight excluding hydrogens is 522 g/mol. The molecule has 0 bridgehead atoms. The van der Waals surface area contributed by atoms with Crippen LogP contribution in [0.4, 0.5) is 10.2 Å². The highest BCUT2D eigenvalue weighted by Gasteiger charge is 2.58. The smallest absolute Gasteiger partial charge is 0.386 e. The molecule has 33 heavy (non-hydrogen) atoms. The van der Waals surface area contributed by atoms with Gasteiger partial charge < -0.3 is 40.3 Å². The van der Waals surface area contributed by atoms with Gasteiger partial charge in [-0.2, -0.15) is 13.6 Å². The second kappa shape index (κ2) is 9.25. The van der Waals surface area contributed by atoms with Gasteiger partial charge in [-0.15, -0.1) is 6.42 Å². The summed E-state index contributed by atoms with van der Waals surface area (Å²) < 4.78 is 65.0. The van der Waals surface area contributed by atoms with Crippen molar-refractivity contribution in [3.05, 3.63) is 22.5 Å². The van der Waals surface area contributed by atoms with Gasteiger partial charge in [0.2, 0.25) is 0 Å². The molecule has 21 heteroatoms. The molecule has 1 aliphatic rings. The SMILES string of the molecule is C#CC1(O)[C@@H](O)[C@@H]([C@@H](C)OP(=O)(O)OP(=O)(O)OP(=O)(O)O)O[C@H]1n1cc(F)c(N)nc1=O. The van der Waals surface area contributed by atoms with Gasteiger partial charge in [0, 0.05) is 0 Å². The molecule has 1 saturated heterocycles. The fraction of sp³-hybridized carbons (Fsp3) is 0.500. The second-order valence-corrected chi connectivity index (χ2v) is 10.8. The number of phosphoric ester groups is 1. The molecule has 0 aliphatic carbocycles. The zero-order valence-corrected chi connectivity index (χ0v) is 18.8. The third-order valence-corrected chi connectivity index (χ3v) is 7.95. The van der Waals surface area contributed by atoms with Crippen LogP contribution in [0.25, 0.3) is 0 Å². The molecule has 2 heterocycles. The number of aliphatic hydroxyl groups excluding tert-OH is 1. The topological polar surface area (TPSA) is 270 Å². The van der Waals surface area contributed by atoms with Crippen LogP contribution in [0.15, 0.2) is 11.0 Å². The number of rotatable bonds is 8. The van der Waals surface area contributed by atoms with E-state index in [4.69, 9.17) is 26.7 Å². The Kier molecular flexibility index (Phi) is 7.77. The van der Waals surface area contributed by atoms with Crippen molar-refractivity contribution >= 4 is 29.3 Å². The van der Waals surface area contributed by atoms with Gasteiger partial charge in [0.25, 0.3) is 0 Å². The molecule has 1 aliphatic heterocycles. The number of anilines is 1. The molecular formula is C12H17FN3O14P3. The van der Waals surface area contributed by atoms with E-state index < -0.39 is 70.9 Å². The molecule has 0 spiro atoms. The van der Waals surface area contributed by atoms with Crippen molar-refractivity contribution in [1.29, 1.82) is 0 Å². The second-order valence-electron chi connectivity index (χ2n) is 6.43. The third-order valence-electron chi connectivity index (χ3n) is 4.02. The summed E-state index contributed by atoms with van der Waals surface area (Å²) in [4.78, 5) is 51.0. The van der Waals surface area contributed by atoms with E-state index in [0.29, 0.717) is 10.8 Å². The number of phosphoric acid groups is 3. The van der Waals surface area contributed by atoms with Crippen LogP contribution in [0, 0.1) is 18.2 Å². The van der Waals surface area contributed by atoms with Crippen LogP contribution in [0.1, 0.15) is 13.2 Å². The molecule has 0 aromatic carbocycles. The van der Waals surface area contributed by atoms with Gasteiger partial charge >= 0.3 is 29.2 Å². The number of nitrogens with two attached hydrogens (primary N) is 1. The van der Waals surface area contributed by atoms with Gasteiger partial charge in [0.1, 0.15) is 12.2 Å². The summed E-state index contributed by atoms with van der Waals surface area (Å²) in [6.45, 7) is 0.913. The molecule has 2 rings (SSSR count). The average Bonchev–Trinajstić information content (AvgIpc) is 2.87. The first-order chi connectivity index (χ1) is 14.8. The van der Waals surface area contributed by atoms with Gasteiger partial charge in [0.15, 0.2) is 23.5 Å². The Hall–Kier alpha value is -1.54. The molecule has 7 atom stereocenters. The number of terminal acetylenes is 1. The van der Waals surface area contributed by atoms with Crippen molar-refractivity contribution in [2.75, 3.05) is 5.73 Å². The Balaban J connectivity index is 2.31. The minimum absolute atomic E-state index is 0.340. The van der Waals surface area contributed by atoms with E-state index in [9.17, 15) is 42.9 Å². The minimum Gasteiger partial charge on any atom is -0.386 e. The number of halogens is 1. The van der Waals surface area contributed by atoms with Gasteiger partial charge in [-0.3, -0.25) is 9.09 Å². The van der Waals surface area contributed by atoms with Crippen LogP contribution in [-0.2, 0) is 31.6 Å². The number of ether oxygens (including phenoxy) is 1.